The Kier molecular flexibility index (Phi) is 5.98. The molecule has 0 unspecified atom stereocenters. The van der Waals surface area contributed by atoms with Gasteiger partial charge in [-0.15, -0.1) is 11.3 Å². The van der Waals surface area contributed by atoms with Crippen LogP contribution < -0.4 is 4.90 Å². The molecule has 0 saturated carbocycles. The minimum absolute atomic E-state index is 0.0340. The fourth-order valence-corrected chi connectivity index (χ4v) is 6.64. The van der Waals surface area contributed by atoms with Crippen molar-refractivity contribution in [3.63, 3.8) is 0 Å². The zero-order valence-corrected chi connectivity index (χ0v) is 19.5. The molecule has 1 amide bonds. The van der Waals surface area contributed by atoms with Gasteiger partial charge in [0.25, 0.3) is 0 Å². The van der Waals surface area contributed by atoms with Gasteiger partial charge in [-0.05, 0) is 55.3 Å². The first-order chi connectivity index (χ1) is 15.2. The van der Waals surface area contributed by atoms with Gasteiger partial charge in [-0.25, -0.2) is 9.97 Å². The van der Waals surface area contributed by atoms with Gasteiger partial charge in [-0.1, -0.05) is 59.9 Å². The lowest BCUT2D eigenvalue weighted by Gasteiger charge is -2.23. The van der Waals surface area contributed by atoms with Crippen molar-refractivity contribution < 1.29 is 4.79 Å². The number of aromatic nitrogens is 2. The van der Waals surface area contributed by atoms with Gasteiger partial charge in [-0.2, -0.15) is 0 Å². The molecule has 0 fully saturated rings. The molecule has 156 valence electrons. The second kappa shape index (κ2) is 9.02. The van der Waals surface area contributed by atoms with E-state index in [1.54, 1.807) is 28.0 Å². The first-order valence-electron chi connectivity index (χ1n) is 10.2. The molecular weight excluding hydrogens is 442 g/mol. The van der Waals surface area contributed by atoms with Crippen LogP contribution in [0.3, 0.4) is 0 Å². The molecule has 1 aliphatic rings. The Morgan fingerprint density at radius 1 is 1.00 bits per heavy atom. The Labute approximate surface area is 194 Å². The summed E-state index contributed by atoms with van der Waals surface area (Å²) in [5.74, 6) is 0.348. The summed E-state index contributed by atoms with van der Waals surface area (Å²) in [6.07, 6.45) is 5.40. The van der Waals surface area contributed by atoms with E-state index in [1.165, 1.54) is 34.0 Å². The summed E-state index contributed by atoms with van der Waals surface area (Å²) < 4.78 is 0. The van der Waals surface area contributed by atoms with Crippen LogP contribution in [0.5, 0.6) is 0 Å². The fraction of sp³-hybridized carbons (Fsp3) is 0.208. The first kappa shape index (κ1) is 20.5. The predicted octanol–water partition coefficient (Wildman–Crippen LogP) is 6.36. The van der Waals surface area contributed by atoms with Gasteiger partial charge in [0.1, 0.15) is 9.86 Å². The standard InChI is InChI=1S/C24H21N3OS3/c1-29-24-25-22(21-18-13-8-14-19(18)31-23(21)26-24)30-15-20(28)27(16-9-4-2-5-10-16)17-11-6-3-7-12-17/h2-7,9-12H,8,13-15H2,1H3. The minimum Gasteiger partial charge on any atom is -0.280 e. The van der Waals surface area contributed by atoms with Crippen LogP contribution in [-0.4, -0.2) is 27.9 Å². The van der Waals surface area contributed by atoms with Gasteiger partial charge in [0.05, 0.1) is 5.75 Å². The Bertz CT molecular complexity index is 1190. The van der Waals surface area contributed by atoms with E-state index in [4.69, 9.17) is 9.97 Å². The number of carbonyl (C=O) groups is 1. The maximum Gasteiger partial charge on any atom is 0.241 e. The normalized spacial score (nSPS) is 12.8. The van der Waals surface area contributed by atoms with Crippen molar-refractivity contribution in [2.24, 2.45) is 0 Å². The van der Waals surface area contributed by atoms with Crippen LogP contribution in [0.4, 0.5) is 11.4 Å². The van der Waals surface area contributed by atoms with Crippen LogP contribution in [-0.2, 0) is 17.6 Å². The zero-order valence-electron chi connectivity index (χ0n) is 17.1. The largest absolute Gasteiger partial charge is 0.280 e. The minimum atomic E-state index is 0.0340. The Hall–Kier alpha value is -2.35. The third-order valence-electron chi connectivity index (χ3n) is 5.30. The molecule has 4 aromatic rings. The maximum atomic E-state index is 13.4. The van der Waals surface area contributed by atoms with Crippen molar-refractivity contribution in [2.45, 2.75) is 29.4 Å². The van der Waals surface area contributed by atoms with Crippen LogP contribution in [0.1, 0.15) is 16.9 Å². The number of rotatable bonds is 6. The fourth-order valence-electron chi connectivity index (χ4n) is 3.93. The second-order valence-corrected chi connectivity index (χ2v) is 10.1. The van der Waals surface area contributed by atoms with Gasteiger partial charge in [0, 0.05) is 21.6 Å². The van der Waals surface area contributed by atoms with Gasteiger partial charge < -0.3 is 0 Å². The molecule has 0 bridgehead atoms. The number of thiophene rings is 1. The predicted molar refractivity (Wildman–Crippen MR) is 132 cm³/mol. The lowest BCUT2D eigenvalue weighted by atomic mass is 10.2. The zero-order chi connectivity index (χ0) is 21.2. The molecular formula is C24H21N3OS3. The molecule has 2 aromatic carbocycles. The monoisotopic (exact) mass is 463 g/mol. The Morgan fingerprint density at radius 3 is 2.32 bits per heavy atom. The van der Waals surface area contributed by atoms with E-state index in [1.807, 2.05) is 66.9 Å². The smallest absolute Gasteiger partial charge is 0.241 e. The highest BCUT2D eigenvalue weighted by molar-refractivity contribution is 8.00. The molecule has 5 rings (SSSR count). The van der Waals surface area contributed by atoms with Gasteiger partial charge >= 0.3 is 0 Å². The highest BCUT2D eigenvalue weighted by Crippen LogP contribution is 2.41. The first-order valence-corrected chi connectivity index (χ1v) is 13.2. The summed E-state index contributed by atoms with van der Waals surface area (Å²) in [7, 11) is 0. The van der Waals surface area contributed by atoms with Crippen LogP contribution >= 0.6 is 34.9 Å². The molecule has 0 aliphatic heterocycles. The van der Waals surface area contributed by atoms with Crippen molar-refractivity contribution in [2.75, 3.05) is 16.9 Å². The number of nitrogens with zero attached hydrogens (tertiary/aromatic N) is 3. The molecule has 0 N–H and O–H groups in total. The lowest BCUT2D eigenvalue weighted by Crippen LogP contribution is -2.27. The van der Waals surface area contributed by atoms with E-state index >= 15 is 0 Å². The van der Waals surface area contributed by atoms with Crippen molar-refractivity contribution in [3.8, 4) is 0 Å². The van der Waals surface area contributed by atoms with Gasteiger partial charge in [0.2, 0.25) is 5.91 Å². The van der Waals surface area contributed by atoms with Crippen molar-refractivity contribution in [3.05, 3.63) is 71.1 Å². The van der Waals surface area contributed by atoms with Crippen LogP contribution in [0.25, 0.3) is 10.2 Å². The van der Waals surface area contributed by atoms with Crippen molar-refractivity contribution in [1.82, 2.24) is 9.97 Å². The number of para-hydroxylation sites is 2. The molecule has 0 saturated heterocycles. The van der Waals surface area contributed by atoms with Crippen LogP contribution in [0.15, 0.2) is 70.8 Å². The summed E-state index contributed by atoms with van der Waals surface area (Å²) in [6, 6.07) is 19.6. The summed E-state index contributed by atoms with van der Waals surface area (Å²) in [5, 5.41) is 2.87. The quantitative estimate of drug-likeness (QED) is 0.189. The van der Waals surface area contributed by atoms with Crippen molar-refractivity contribution in [1.29, 1.82) is 0 Å². The number of carbonyl (C=O) groups excluding carboxylic acids is 1. The van der Waals surface area contributed by atoms with E-state index in [-0.39, 0.29) is 5.91 Å². The molecule has 2 aromatic heterocycles. The number of fused-ring (bicyclic) bond motifs is 3. The Balaban J connectivity index is 1.47. The average Bonchev–Trinajstić information content (AvgIpc) is 3.40. The lowest BCUT2D eigenvalue weighted by molar-refractivity contribution is -0.115. The molecule has 4 nitrogen and oxygen atoms in total. The average molecular weight is 464 g/mol. The summed E-state index contributed by atoms with van der Waals surface area (Å²) in [6.45, 7) is 0. The number of amides is 1. The molecule has 0 spiro atoms. The number of hydrogen-bond donors (Lipinski definition) is 0. The Morgan fingerprint density at radius 2 is 1.68 bits per heavy atom. The van der Waals surface area contributed by atoms with E-state index in [0.29, 0.717) is 5.75 Å². The van der Waals surface area contributed by atoms with E-state index < -0.39 is 0 Å². The summed E-state index contributed by atoms with van der Waals surface area (Å²) in [4.78, 5) is 27.3. The van der Waals surface area contributed by atoms with Crippen LogP contribution in [0, 0.1) is 0 Å². The highest BCUT2D eigenvalue weighted by Gasteiger charge is 2.24. The molecule has 31 heavy (non-hydrogen) atoms. The number of aryl methyl sites for hydroxylation is 2. The maximum absolute atomic E-state index is 13.4. The van der Waals surface area contributed by atoms with E-state index in [9.17, 15) is 4.79 Å². The topological polar surface area (TPSA) is 46.1 Å². The third kappa shape index (κ3) is 4.10. The molecule has 1 aliphatic carbocycles. The molecule has 0 atom stereocenters. The second-order valence-electron chi connectivity index (χ2n) is 7.24. The van der Waals surface area contributed by atoms with E-state index in [0.717, 1.165) is 39.2 Å². The molecule has 7 heteroatoms. The number of anilines is 2. The van der Waals surface area contributed by atoms with Gasteiger partial charge in [-0.3, -0.25) is 9.69 Å². The highest BCUT2D eigenvalue weighted by atomic mass is 32.2. The number of hydrogen-bond acceptors (Lipinski definition) is 6. The van der Waals surface area contributed by atoms with Crippen molar-refractivity contribution >= 4 is 62.4 Å². The number of thioether (sulfide) groups is 2. The third-order valence-corrected chi connectivity index (χ3v) is 8.00. The van der Waals surface area contributed by atoms with Crippen LogP contribution in [0.2, 0.25) is 0 Å². The summed E-state index contributed by atoms with van der Waals surface area (Å²) in [5.41, 5.74) is 3.13. The SMILES string of the molecule is CSc1nc(SCC(=O)N(c2ccccc2)c2ccccc2)c2c3c(sc2n1)CCC3. The molecule has 0 radical (unpaired) electrons. The van der Waals surface area contributed by atoms with E-state index in [2.05, 4.69) is 0 Å². The number of benzene rings is 2. The summed E-state index contributed by atoms with van der Waals surface area (Å²) >= 11 is 4.87. The molecule has 2 heterocycles. The van der Waals surface area contributed by atoms with Gasteiger partial charge in [0.15, 0.2) is 5.16 Å².